The van der Waals surface area contributed by atoms with Crippen LogP contribution in [-0.2, 0) is 9.59 Å². The van der Waals surface area contributed by atoms with Crippen LogP contribution in [0.2, 0.25) is 5.02 Å². The number of anilines is 2. The van der Waals surface area contributed by atoms with Crippen LogP contribution in [0.5, 0.6) is 0 Å². The third-order valence-electron chi connectivity index (χ3n) is 3.12. The Hall–Kier alpha value is -2.33. The highest BCUT2D eigenvalue weighted by atomic mass is 35.5. The van der Waals surface area contributed by atoms with Gasteiger partial charge in [-0.2, -0.15) is 0 Å². The molecule has 0 spiro atoms. The molecule has 0 fully saturated rings. The number of carbonyl (C=O) groups excluding carboxylic acids is 2. The fourth-order valence-corrected chi connectivity index (χ4v) is 2.41. The molecule has 0 atom stereocenters. The second-order valence-electron chi connectivity index (χ2n) is 5.24. The summed E-state index contributed by atoms with van der Waals surface area (Å²) < 4.78 is 0. The van der Waals surface area contributed by atoms with Crippen molar-refractivity contribution in [2.24, 2.45) is 0 Å². The molecule has 0 heterocycles. The fraction of sp³-hybridized carbons (Fsp3) is 0.176. The summed E-state index contributed by atoms with van der Waals surface area (Å²) in [5, 5.41) is 5.75. The number of hydrogen-bond acceptors (Lipinski definition) is 2. The quantitative estimate of drug-likeness (QED) is 0.827. The van der Waals surface area contributed by atoms with Crippen molar-refractivity contribution in [2.75, 3.05) is 10.6 Å². The summed E-state index contributed by atoms with van der Waals surface area (Å²) in [6.45, 7) is 5.67. The Morgan fingerprint density at radius 2 is 1.45 bits per heavy atom. The minimum atomic E-state index is -0.718. The molecule has 0 saturated carbocycles. The smallest absolute Gasteiger partial charge is 0.314 e. The third kappa shape index (κ3) is 4.09. The molecule has 0 bridgehead atoms. The lowest BCUT2D eigenvalue weighted by Gasteiger charge is -2.10. The predicted molar refractivity (Wildman–Crippen MR) is 89.4 cm³/mol. The maximum absolute atomic E-state index is 12.0. The van der Waals surface area contributed by atoms with Crippen molar-refractivity contribution < 1.29 is 9.59 Å². The summed E-state index contributed by atoms with van der Waals surface area (Å²) >= 11 is 5.86. The second kappa shape index (κ2) is 6.62. The molecule has 2 N–H and O–H groups in total. The van der Waals surface area contributed by atoms with Crippen molar-refractivity contribution in [3.8, 4) is 0 Å². The number of carbonyl (C=O) groups is 2. The number of amides is 2. The molecular formula is C17H17ClN2O2. The number of halogens is 1. The molecule has 0 aliphatic heterocycles. The van der Waals surface area contributed by atoms with Crippen LogP contribution in [0.1, 0.15) is 16.7 Å². The Morgan fingerprint density at radius 3 is 2.05 bits per heavy atom. The SMILES string of the molecule is Cc1cc(C)cc(NC(=O)C(=O)Nc2ccc(Cl)cc2C)c1. The molecule has 4 nitrogen and oxygen atoms in total. The number of benzene rings is 2. The van der Waals surface area contributed by atoms with E-state index in [9.17, 15) is 9.59 Å². The summed E-state index contributed by atoms with van der Waals surface area (Å²) in [5.41, 5.74) is 3.99. The molecule has 0 aliphatic carbocycles. The first-order valence-electron chi connectivity index (χ1n) is 6.82. The largest absolute Gasteiger partial charge is 0.318 e. The zero-order valence-corrected chi connectivity index (χ0v) is 13.4. The first-order chi connectivity index (χ1) is 10.3. The molecule has 2 rings (SSSR count). The Balaban J connectivity index is 2.07. The second-order valence-corrected chi connectivity index (χ2v) is 5.68. The Bertz CT molecular complexity index is 721. The lowest BCUT2D eigenvalue weighted by atomic mass is 10.1. The van der Waals surface area contributed by atoms with E-state index in [1.807, 2.05) is 39.0 Å². The first kappa shape index (κ1) is 16.0. The minimum absolute atomic E-state index is 0.560. The monoisotopic (exact) mass is 316 g/mol. The van der Waals surface area contributed by atoms with Crippen LogP contribution in [0.15, 0.2) is 36.4 Å². The van der Waals surface area contributed by atoms with Crippen molar-refractivity contribution in [3.05, 3.63) is 58.1 Å². The third-order valence-corrected chi connectivity index (χ3v) is 3.36. The molecular weight excluding hydrogens is 300 g/mol. The normalized spacial score (nSPS) is 10.2. The fourth-order valence-electron chi connectivity index (χ4n) is 2.18. The maximum atomic E-state index is 12.0. The summed E-state index contributed by atoms with van der Waals surface area (Å²) in [6.07, 6.45) is 0. The molecule has 2 aromatic carbocycles. The van der Waals surface area contributed by atoms with Crippen LogP contribution in [0.3, 0.4) is 0 Å². The number of aryl methyl sites for hydroxylation is 3. The van der Waals surface area contributed by atoms with Crippen LogP contribution in [0.25, 0.3) is 0 Å². The summed E-state index contributed by atoms with van der Waals surface area (Å²) in [7, 11) is 0. The lowest BCUT2D eigenvalue weighted by Crippen LogP contribution is -2.29. The molecule has 0 radical (unpaired) electrons. The number of nitrogens with one attached hydrogen (secondary N) is 2. The van der Waals surface area contributed by atoms with Gasteiger partial charge in [-0.1, -0.05) is 17.7 Å². The van der Waals surface area contributed by atoms with Crippen LogP contribution in [0.4, 0.5) is 11.4 Å². The van der Waals surface area contributed by atoms with Crippen molar-refractivity contribution in [1.82, 2.24) is 0 Å². The molecule has 0 saturated heterocycles. The zero-order chi connectivity index (χ0) is 16.3. The van der Waals surface area contributed by atoms with E-state index in [0.717, 1.165) is 16.7 Å². The van der Waals surface area contributed by atoms with E-state index in [-0.39, 0.29) is 0 Å². The van der Waals surface area contributed by atoms with E-state index in [4.69, 9.17) is 11.6 Å². The van der Waals surface area contributed by atoms with Gasteiger partial charge < -0.3 is 10.6 Å². The summed E-state index contributed by atoms with van der Waals surface area (Å²) in [4.78, 5) is 23.9. The van der Waals surface area contributed by atoms with Gasteiger partial charge in [0.05, 0.1) is 0 Å². The molecule has 0 unspecified atom stereocenters. The lowest BCUT2D eigenvalue weighted by molar-refractivity contribution is -0.133. The van der Waals surface area contributed by atoms with Gasteiger partial charge in [0.15, 0.2) is 0 Å². The van der Waals surface area contributed by atoms with Crippen LogP contribution in [0, 0.1) is 20.8 Å². The van der Waals surface area contributed by atoms with E-state index >= 15 is 0 Å². The van der Waals surface area contributed by atoms with Gasteiger partial charge in [0.1, 0.15) is 0 Å². The van der Waals surface area contributed by atoms with E-state index in [0.29, 0.717) is 16.4 Å². The highest BCUT2D eigenvalue weighted by Gasteiger charge is 2.15. The van der Waals surface area contributed by atoms with E-state index in [2.05, 4.69) is 10.6 Å². The van der Waals surface area contributed by atoms with Crippen molar-refractivity contribution >= 4 is 34.8 Å². The molecule has 22 heavy (non-hydrogen) atoms. The summed E-state index contributed by atoms with van der Waals surface area (Å²) in [5.74, 6) is -1.43. The van der Waals surface area contributed by atoms with Crippen molar-refractivity contribution in [1.29, 1.82) is 0 Å². The van der Waals surface area contributed by atoms with E-state index in [1.54, 1.807) is 18.2 Å². The Morgan fingerprint density at radius 1 is 0.864 bits per heavy atom. The van der Waals surface area contributed by atoms with Crippen LogP contribution >= 0.6 is 11.6 Å². The minimum Gasteiger partial charge on any atom is -0.318 e. The molecule has 2 amide bonds. The predicted octanol–water partition coefficient (Wildman–Crippen LogP) is 3.84. The maximum Gasteiger partial charge on any atom is 0.314 e. The van der Waals surface area contributed by atoms with Gasteiger partial charge in [0, 0.05) is 16.4 Å². The van der Waals surface area contributed by atoms with Gasteiger partial charge in [0.2, 0.25) is 0 Å². The van der Waals surface area contributed by atoms with Crippen LogP contribution < -0.4 is 10.6 Å². The molecule has 114 valence electrons. The van der Waals surface area contributed by atoms with Gasteiger partial charge >= 0.3 is 11.8 Å². The topological polar surface area (TPSA) is 58.2 Å². The zero-order valence-electron chi connectivity index (χ0n) is 12.7. The van der Waals surface area contributed by atoms with Gasteiger partial charge in [-0.25, -0.2) is 0 Å². The van der Waals surface area contributed by atoms with Gasteiger partial charge in [-0.05, 0) is 67.8 Å². The van der Waals surface area contributed by atoms with Gasteiger partial charge in [-0.15, -0.1) is 0 Å². The van der Waals surface area contributed by atoms with Crippen molar-refractivity contribution in [3.63, 3.8) is 0 Å². The number of rotatable bonds is 2. The average molecular weight is 317 g/mol. The summed E-state index contributed by atoms with van der Waals surface area (Å²) in [6, 6.07) is 10.7. The standard InChI is InChI=1S/C17H17ClN2O2/c1-10-6-11(2)8-14(7-10)19-16(21)17(22)20-15-5-4-13(18)9-12(15)3/h4-9H,1-3H3,(H,19,21)(H,20,22). The van der Waals surface area contributed by atoms with Crippen molar-refractivity contribution in [2.45, 2.75) is 20.8 Å². The highest BCUT2D eigenvalue weighted by Crippen LogP contribution is 2.19. The van der Waals surface area contributed by atoms with E-state index in [1.165, 1.54) is 0 Å². The van der Waals surface area contributed by atoms with Crippen LogP contribution in [-0.4, -0.2) is 11.8 Å². The molecule has 0 aromatic heterocycles. The van der Waals surface area contributed by atoms with E-state index < -0.39 is 11.8 Å². The molecule has 5 heteroatoms. The molecule has 0 aliphatic rings. The van der Waals surface area contributed by atoms with Gasteiger partial charge in [-0.3, -0.25) is 9.59 Å². The highest BCUT2D eigenvalue weighted by molar-refractivity contribution is 6.43. The first-order valence-corrected chi connectivity index (χ1v) is 7.20. The van der Waals surface area contributed by atoms with Gasteiger partial charge in [0.25, 0.3) is 0 Å². The Kier molecular flexibility index (Phi) is 4.83. The number of hydrogen-bond donors (Lipinski definition) is 2. The Labute approximate surface area is 134 Å². The molecule has 2 aromatic rings. The average Bonchev–Trinajstić information content (AvgIpc) is 2.40.